The minimum absolute atomic E-state index is 0.0373. The number of hydrogen-bond acceptors (Lipinski definition) is 3. The normalized spacial score (nSPS) is 19.8. The van der Waals surface area contributed by atoms with Gasteiger partial charge in [0.05, 0.1) is 0 Å². The summed E-state index contributed by atoms with van der Waals surface area (Å²) in [5.41, 5.74) is 18.5. The first-order valence-corrected chi connectivity index (χ1v) is 31.8. The van der Waals surface area contributed by atoms with E-state index >= 15 is 0 Å². The fourth-order valence-corrected chi connectivity index (χ4v) is 12.5. The van der Waals surface area contributed by atoms with E-state index in [1.165, 1.54) is 108 Å². The Hall–Kier alpha value is -5.41. The highest BCUT2D eigenvalue weighted by atomic mass is 16.1. The number of unbranched alkanes of at least 4 members (excludes halogenated alkanes) is 4. The minimum Gasteiger partial charge on any atom is -0.300 e. The molecule has 0 aromatic carbocycles. The summed E-state index contributed by atoms with van der Waals surface area (Å²) in [5, 5.41) is 0. The van der Waals surface area contributed by atoms with Crippen LogP contribution in [0.2, 0.25) is 0 Å². The molecule has 0 heterocycles. The zero-order valence-corrected chi connectivity index (χ0v) is 55.0. The average molecular weight is 1110 g/mol. The number of allylic oxidation sites excluding steroid dienone is 32. The molecule has 0 spiro atoms. The lowest BCUT2D eigenvalue weighted by atomic mass is 9.72. The van der Waals surface area contributed by atoms with Gasteiger partial charge in [0, 0.05) is 24.7 Å². The molecule has 0 radical (unpaired) electrons. The maximum Gasteiger partial charge on any atom is 0.156 e. The standard InChI is InChI=1S/C79H114O3/c1-58(44-47-73-66(9)39-28-50-77(73,13)14)33-25-36-63(6)53-61(4)31-21-19-23-42-70(69(12)80)57-76(82)71(56-72(81)55-65(8)38-27-35-60(3)46-49-75-68(11)41-30-52-79(75,17)18)43-24-20-22-32-62(5)54-64(7)37-26-34-59(2)45-48-74-67(10)40-29-51-78(74,15)16/h25-27,33-38,44-49,53-55,70-71H,4-5,19-24,28-32,39-43,50-52,56-57H2,1-3,6-18H3. The van der Waals surface area contributed by atoms with Gasteiger partial charge in [-0.05, 0) is 210 Å². The van der Waals surface area contributed by atoms with Gasteiger partial charge in [0.1, 0.15) is 11.6 Å². The lowest BCUT2D eigenvalue weighted by Crippen LogP contribution is -2.24. The van der Waals surface area contributed by atoms with Crippen LogP contribution in [-0.2, 0) is 14.4 Å². The molecule has 0 fully saturated rings. The first kappa shape index (κ1) is 70.9. The zero-order chi connectivity index (χ0) is 61.0. The molecule has 3 heteroatoms. The van der Waals surface area contributed by atoms with Gasteiger partial charge in [-0.25, -0.2) is 0 Å². The van der Waals surface area contributed by atoms with Gasteiger partial charge in [-0.2, -0.15) is 0 Å². The lowest BCUT2D eigenvalue weighted by molar-refractivity contribution is -0.130. The van der Waals surface area contributed by atoms with Crippen molar-refractivity contribution in [3.8, 4) is 0 Å². The molecule has 0 aliphatic heterocycles. The number of ketones is 3. The van der Waals surface area contributed by atoms with Crippen LogP contribution in [-0.4, -0.2) is 17.3 Å². The van der Waals surface area contributed by atoms with Gasteiger partial charge in [0.15, 0.2) is 5.78 Å². The third-order valence-electron chi connectivity index (χ3n) is 17.6. The molecule has 0 saturated carbocycles. The Bertz CT molecular complexity index is 2710. The lowest BCUT2D eigenvalue weighted by Gasteiger charge is -2.33. The predicted octanol–water partition coefficient (Wildman–Crippen LogP) is 23.3. The van der Waals surface area contributed by atoms with Crippen LogP contribution in [0.3, 0.4) is 0 Å². The predicted molar refractivity (Wildman–Crippen MR) is 360 cm³/mol. The summed E-state index contributed by atoms with van der Waals surface area (Å²) in [6.45, 7) is 43.9. The second-order valence-electron chi connectivity index (χ2n) is 27.1. The van der Waals surface area contributed by atoms with Crippen LogP contribution < -0.4 is 0 Å². The first-order chi connectivity index (χ1) is 38.6. The van der Waals surface area contributed by atoms with Crippen LogP contribution >= 0.6 is 0 Å². The van der Waals surface area contributed by atoms with E-state index in [0.29, 0.717) is 12.8 Å². The van der Waals surface area contributed by atoms with E-state index in [0.717, 1.165) is 79.2 Å². The minimum atomic E-state index is -0.424. The van der Waals surface area contributed by atoms with Crippen LogP contribution in [0, 0.1) is 28.1 Å². The molecule has 3 rings (SSSR count). The molecule has 2 atom stereocenters. The molecule has 0 saturated heterocycles. The molecule has 0 amide bonds. The Labute approximate surface area is 503 Å². The monoisotopic (exact) mass is 1110 g/mol. The van der Waals surface area contributed by atoms with Crippen LogP contribution in [0.1, 0.15) is 246 Å². The van der Waals surface area contributed by atoms with Crippen molar-refractivity contribution in [1.29, 1.82) is 0 Å². The molecule has 3 nitrogen and oxygen atoms in total. The van der Waals surface area contributed by atoms with Gasteiger partial charge in [0.2, 0.25) is 0 Å². The summed E-state index contributed by atoms with van der Waals surface area (Å²) in [6.07, 6.45) is 58.5. The van der Waals surface area contributed by atoms with Crippen LogP contribution in [0.25, 0.3) is 0 Å². The van der Waals surface area contributed by atoms with E-state index in [2.05, 4.69) is 201 Å². The third-order valence-corrected chi connectivity index (χ3v) is 17.6. The van der Waals surface area contributed by atoms with Crippen molar-refractivity contribution in [2.24, 2.45) is 28.1 Å². The van der Waals surface area contributed by atoms with Crippen molar-refractivity contribution in [2.75, 3.05) is 0 Å². The van der Waals surface area contributed by atoms with Crippen LogP contribution in [0.15, 0.2) is 201 Å². The maximum absolute atomic E-state index is 14.2. The summed E-state index contributed by atoms with van der Waals surface area (Å²) in [6, 6.07) is 0. The number of Topliss-reactive ketones (excluding diaryl/α,β-unsaturated/α-hetero) is 2. The fraction of sp³-hybridized carbons (Fsp3) is 0.532. The molecule has 0 aromatic rings. The van der Waals surface area contributed by atoms with Crippen LogP contribution in [0.5, 0.6) is 0 Å². The summed E-state index contributed by atoms with van der Waals surface area (Å²) >= 11 is 0. The highest BCUT2D eigenvalue weighted by Crippen LogP contribution is 2.43. The summed E-state index contributed by atoms with van der Waals surface area (Å²) in [4.78, 5) is 41.0. The van der Waals surface area contributed by atoms with Gasteiger partial charge < -0.3 is 0 Å². The fourth-order valence-electron chi connectivity index (χ4n) is 12.5. The van der Waals surface area contributed by atoms with Gasteiger partial charge in [-0.15, -0.1) is 0 Å². The van der Waals surface area contributed by atoms with E-state index in [9.17, 15) is 14.4 Å². The molecule has 0 N–H and O–H groups in total. The molecule has 0 bridgehead atoms. The van der Waals surface area contributed by atoms with E-state index in [1.54, 1.807) is 13.0 Å². The molecule has 0 aromatic heterocycles. The molecule has 82 heavy (non-hydrogen) atoms. The maximum atomic E-state index is 14.2. The quantitative estimate of drug-likeness (QED) is 0.0374. The van der Waals surface area contributed by atoms with Crippen molar-refractivity contribution in [3.05, 3.63) is 201 Å². The average Bonchev–Trinajstić information content (AvgIpc) is 3.44. The smallest absolute Gasteiger partial charge is 0.156 e. The van der Waals surface area contributed by atoms with Gasteiger partial charge in [-0.1, -0.05) is 239 Å². The molecular formula is C79H114O3. The number of carbonyl (C=O) groups is 3. The largest absolute Gasteiger partial charge is 0.300 e. The highest BCUT2D eigenvalue weighted by Gasteiger charge is 2.29. The first-order valence-electron chi connectivity index (χ1n) is 31.8. The van der Waals surface area contributed by atoms with Gasteiger partial charge in [-0.3, -0.25) is 14.4 Å². The van der Waals surface area contributed by atoms with Crippen molar-refractivity contribution >= 4 is 17.3 Å². The van der Waals surface area contributed by atoms with Crippen LogP contribution in [0.4, 0.5) is 0 Å². The van der Waals surface area contributed by atoms with E-state index in [4.69, 9.17) is 0 Å². The Balaban J connectivity index is 1.60. The Morgan fingerprint density at radius 1 is 0.439 bits per heavy atom. The molecular weight excluding hydrogens is 997 g/mol. The molecule has 3 aliphatic rings. The summed E-state index contributed by atoms with van der Waals surface area (Å²) < 4.78 is 0. The molecule has 2 unspecified atom stereocenters. The topological polar surface area (TPSA) is 51.2 Å². The van der Waals surface area contributed by atoms with Gasteiger partial charge >= 0.3 is 0 Å². The second-order valence-corrected chi connectivity index (χ2v) is 27.1. The number of carbonyl (C=O) groups excluding carboxylic acids is 3. The second kappa shape index (κ2) is 35.7. The Morgan fingerprint density at radius 3 is 1.12 bits per heavy atom. The van der Waals surface area contributed by atoms with E-state index in [1.807, 2.05) is 19.1 Å². The zero-order valence-electron chi connectivity index (χ0n) is 55.0. The Kier molecular flexibility index (Phi) is 30.8. The molecule has 448 valence electrons. The SMILES string of the molecule is C=C(C=C(C)C=CC=C(C)C=CC1=C(C)CCCC1(C)C)CCCCCC(CC(=O)C(CCCCCC(=C)C=C(C)C=CC=C(C)C=CC1=C(C)CCCC1(C)C)CC(=O)C=C(C)C=CC=C(C)C=CC1=C(C)CCCC1(C)C)C(C)=O. The van der Waals surface area contributed by atoms with Crippen molar-refractivity contribution < 1.29 is 14.4 Å². The van der Waals surface area contributed by atoms with Crippen molar-refractivity contribution in [1.82, 2.24) is 0 Å². The van der Waals surface area contributed by atoms with Crippen molar-refractivity contribution in [3.63, 3.8) is 0 Å². The highest BCUT2D eigenvalue weighted by molar-refractivity contribution is 5.95. The Morgan fingerprint density at radius 2 is 0.780 bits per heavy atom. The molecule has 3 aliphatic carbocycles. The van der Waals surface area contributed by atoms with E-state index in [-0.39, 0.29) is 52.4 Å². The van der Waals surface area contributed by atoms with Gasteiger partial charge in [0.25, 0.3) is 0 Å². The summed E-state index contributed by atoms with van der Waals surface area (Å²) in [7, 11) is 0. The number of hydrogen-bond donors (Lipinski definition) is 0. The summed E-state index contributed by atoms with van der Waals surface area (Å²) in [5.74, 6) is -0.716. The van der Waals surface area contributed by atoms with E-state index < -0.39 is 5.92 Å². The number of rotatable bonds is 33. The van der Waals surface area contributed by atoms with Crippen molar-refractivity contribution in [2.45, 2.75) is 246 Å². The third kappa shape index (κ3) is 26.9.